The minimum Gasteiger partial charge on any atom is -0.495 e. The number of fused-ring (bicyclic) bond motifs is 1. The van der Waals surface area contributed by atoms with E-state index in [0.29, 0.717) is 6.42 Å². The molecule has 172 valence electrons. The zero-order valence-electron chi connectivity index (χ0n) is 17.1. The number of nitrogens with zero attached hydrogens (tertiary/aromatic N) is 2. The maximum Gasteiger partial charge on any atom is 0.322 e. The molecule has 2 saturated heterocycles. The van der Waals surface area contributed by atoms with Crippen LogP contribution in [-0.4, -0.2) is 82.0 Å². The van der Waals surface area contributed by atoms with Crippen LogP contribution in [0.3, 0.4) is 0 Å². The molecule has 0 radical (unpaired) electrons. The molecule has 2 aliphatic heterocycles. The Labute approximate surface area is 181 Å². The van der Waals surface area contributed by atoms with Gasteiger partial charge in [-0.2, -0.15) is 8.61 Å². The number of carboxylic acid groups (broad SMARTS) is 1. The molecule has 3 atom stereocenters. The van der Waals surface area contributed by atoms with Crippen LogP contribution in [-0.2, 0) is 29.6 Å². The first-order chi connectivity index (χ1) is 14.7. The van der Waals surface area contributed by atoms with Crippen LogP contribution in [0.25, 0.3) is 0 Å². The molecule has 1 N–H and O–H groups in total. The van der Waals surface area contributed by atoms with E-state index in [1.54, 1.807) is 0 Å². The van der Waals surface area contributed by atoms with Gasteiger partial charge in [0.1, 0.15) is 16.7 Å². The van der Waals surface area contributed by atoms with E-state index in [9.17, 15) is 26.7 Å². The molecule has 0 bridgehead atoms. The number of rotatable bonds is 6. The second-order valence-electron chi connectivity index (χ2n) is 8.01. The number of methoxy groups -OCH3 is 1. The number of carboxylic acids is 1. The van der Waals surface area contributed by atoms with Crippen LogP contribution in [0.1, 0.15) is 25.7 Å². The number of benzene rings is 1. The van der Waals surface area contributed by atoms with Crippen LogP contribution >= 0.6 is 0 Å². The third-order valence-corrected chi connectivity index (χ3v) is 10.2. The van der Waals surface area contributed by atoms with Crippen molar-refractivity contribution in [1.82, 2.24) is 8.61 Å². The summed E-state index contributed by atoms with van der Waals surface area (Å²) in [7, 11) is -6.97. The van der Waals surface area contributed by atoms with E-state index in [-0.39, 0.29) is 54.2 Å². The smallest absolute Gasteiger partial charge is 0.322 e. The highest BCUT2D eigenvalue weighted by molar-refractivity contribution is 7.90. The zero-order valence-corrected chi connectivity index (χ0v) is 18.8. The highest BCUT2D eigenvalue weighted by atomic mass is 32.2. The van der Waals surface area contributed by atoms with Gasteiger partial charge in [-0.25, -0.2) is 16.8 Å². The molecule has 1 aromatic carbocycles. The number of hydrogen-bond donors (Lipinski definition) is 1. The predicted octanol–water partition coefficient (Wildman–Crippen LogP) is 0.732. The van der Waals surface area contributed by atoms with Gasteiger partial charge in [0.25, 0.3) is 0 Å². The minimum absolute atomic E-state index is 0.0119. The van der Waals surface area contributed by atoms with Gasteiger partial charge >= 0.3 is 5.97 Å². The summed E-state index contributed by atoms with van der Waals surface area (Å²) in [6.45, 7) is 0.871. The summed E-state index contributed by atoms with van der Waals surface area (Å²) in [5.74, 6) is -1.23. The fourth-order valence-electron chi connectivity index (χ4n) is 4.87. The van der Waals surface area contributed by atoms with E-state index in [4.69, 9.17) is 9.47 Å². The minimum atomic E-state index is -4.32. The number of hydrogen-bond acceptors (Lipinski definition) is 7. The molecule has 10 nitrogen and oxygen atoms in total. The Bertz CT molecular complexity index is 1070. The van der Waals surface area contributed by atoms with Crippen molar-refractivity contribution in [3.63, 3.8) is 0 Å². The van der Waals surface area contributed by atoms with Gasteiger partial charge in [0, 0.05) is 19.1 Å². The maximum atomic E-state index is 13.7. The highest BCUT2D eigenvalue weighted by Gasteiger charge is 2.52. The number of aliphatic carboxylic acids is 1. The van der Waals surface area contributed by atoms with Crippen LogP contribution in [0.4, 0.5) is 0 Å². The Morgan fingerprint density at radius 3 is 2.48 bits per heavy atom. The number of morpholine rings is 1. The van der Waals surface area contributed by atoms with Gasteiger partial charge in [-0.05, 0) is 43.4 Å². The molecule has 0 aromatic heterocycles. The normalized spacial score (nSPS) is 27.8. The summed E-state index contributed by atoms with van der Waals surface area (Å²) < 4.78 is 66.2. The average Bonchev–Trinajstić information content (AvgIpc) is 3.35. The Kier molecular flexibility index (Phi) is 6.03. The van der Waals surface area contributed by atoms with Gasteiger partial charge in [-0.1, -0.05) is 6.42 Å². The van der Waals surface area contributed by atoms with Crippen molar-refractivity contribution in [2.24, 2.45) is 5.92 Å². The first kappa shape index (κ1) is 22.5. The van der Waals surface area contributed by atoms with Crippen molar-refractivity contribution in [2.75, 3.05) is 33.4 Å². The molecular weight excluding hydrogens is 448 g/mol. The summed E-state index contributed by atoms with van der Waals surface area (Å²) in [5.41, 5.74) is 0. The highest BCUT2D eigenvalue weighted by Crippen LogP contribution is 2.45. The number of carbonyl (C=O) groups is 1. The Morgan fingerprint density at radius 1 is 1.13 bits per heavy atom. The van der Waals surface area contributed by atoms with Crippen LogP contribution in [0.5, 0.6) is 5.75 Å². The molecule has 31 heavy (non-hydrogen) atoms. The molecule has 3 aliphatic rings. The number of ether oxygens (including phenoxy) is 2. The van der Waals surface area contributed by atoms with Crippen LogP contribution in [0, 0.1) is 5.92 Å². The molecule has 3 fully saturated rings. The third-order valence-electron chi connectivity index (χ3n) is 6.36. The van der Waals surface area contributed by atoms with Crippen LogP contribution < -0.4 is 4.74 Å². The SMILES string of the molecule is COc1ccc(S(=O)(=O)N2CCOCC2)cc1S(=O)(=O)N1C(C(=O)O)CC2CCC[C@H]21. The zero-order chi connectivity index (χ0) is 22.4. The van der Waals surface area contributed by atoms with Gasteiger partial charge < -0.3 is 14.6 Å². The maximum absolute atomic E-state index is 13.7. The lowest BCUT2D eigenvalue weighted by atomic mass is 10.0. The van der Waals surface area contributed by atoms with E-state index in [1.165, 1.54) is 23.5 Å². The molecule has 12 heteroatoms. The average molecular weight is 475 g/mol. The van der Waals surface area contributed by atoms with Crippen molar-refractivity contribution < 1.29 is 36.2 Å². The Morgan fingerprint density at radius 2 is 1.84 bits per heavy atom. The largest absolute Gasteiger partial charge is 0.495 e. The molecule has 2 heterocycles. The number of sulfonamides is 2. The van der Waals surface area contributed by atoms with Crippen LogP contribution in [0.15, 0.2) is 28.0 Å². The van der Waals surface area contributed by atoms with Crippen molar-refractivity contribution >= 4 is 26.0 Å². The van der Waals surface area contributed by atoms with E-state index < -0.39 is 38.1 Å². The van der Waals surface area contributed by atoms with E-state index in [0.717, 1.165) is 23.2 Å². The molecule has 0 spiro atoms. The molecule has 4 rings (SSSR count). The third kappa shape index (κ3) is 3.84. The van der Waals surface area contributed by atoms with E-state index in [2.05, 4.69) is 0 Å². The second-order valence-corrected chi connectivity index (χ2v) is 11.8. The second kappa shape index (κ2) is 8.32. The van der Waals surface area contributed by atoms with Gasteiger partial charge in [0.15, 0.2) is 0 Å². The van der Waals surface area contributed by atoms with E-state index >= 15 is 0 Å². The van der Waals surface area contributed by atoms with E-state index in [1.807, 2.05) is 0 Å². The van der Waals surface area contributed by atoms with Gasteiger partial charge in [-0.15, -0.1) is 0 Å². The molecule has 0 amide bonds. The monoisotopic (exact) mass is 474 g/mol. The Balaban J connectivity index is 1.79. The summed E-state index contributed by atoms with van der Waals surface area (Å²) in [5, 5.41) is 9.68. The Hall–Kier alpha value is -1.73. The summed E-state index contributed by atoms with van der Waals surface area (Å²) in [6.07, 6.45) is 2.45. The fraction of sp³-hybridized carbons (Fsp3) is 0.632. The lowest BCUT2D eigenvalue weighted by Gasteiger charge is -2.28. The van der Waals surface area contributed by atoms with Gasteiger partial charge in [0.2, 0.25) is 20.0 Å². The summed E-state index contributed by atoms with van der Waals surface area (Å²) in [6, 6.07) is 2.11. The first-order valence-corrected chi connectivity index (χ1v) is 13.1. The quantitative estimate of drug-likeness (QED) is 0.639. The van der Waals surface area contributed by atoms with Crippen LogP contribution in [0.2, 0.25) is 0 Å². The lowest BCUT2D eigenvalue weighted by molar-refractivity contribution is -0.141. The molecule has 1 aromatic rings. The topological polar surface area (TPSA) is 131 Å². The van der Waals surface area contributed by atoms with Crippen molar-refractivity contribution in [3.05, 3.63) is 18.2 Å². The molecule has 1 aliphatic carbocycles. The van der Waals surface area contributed by atoms with Crippen molar-refractivity contribution in [1.29, 1.82) is 0 Å². The van der Waals surface area contributed by atoms with Gasteiger partial charge in [-0.3, -0.25) is 4.79 Å². The van der Waals surface area contributed by atoms with Crippen molar-refractivity contribution in [3.8, 4) is 5.75 Å². The molecular formula is C19H26N2O8S2. The molecule has 2 unspecified atom stereocenters. The lowest BCUT2D eigenvalue weighted by Crippen LogP contribution is -2.45. The standard InChI is InChI=1S/C19H26N2O8S2/c1-28-17-6-5-14(30(24,25)20-7-9-29-10-8-20)12-18(17)31(26,27)21-15-4-2-3-13(15)11-16(21)19(22)23/h5-6,12-13,15-16H,2-4,7-11H2,1H3,(H,22,23)/t13?,15-,16?/m1/s1. The first-order valence-electron chi connectivity index (χ1n) is 10.2. The van der Waals surface area contributed by atoms with Gasteiger partial charge in [0.05, 0.1) is 25.2 Å². The van der Waals surface area contributed by atoms with Crippen molar-refractivity contribution in [2.45, 2.75) is 47.6 Å². The summed E-state index contributed by atoms with van der Waals surface area (Å²) in [4.78, 5) is 11.3. The predicted molar refractivity (Wildman–Crippen MR) is 109 cm³/mol. The molecule has 1 saturated carbocycles. The summed E-state index contributed by atoms with van der Waals surface area (Å²) >= 11 is 0. The fourth-order valence-corrected chi connectivity index (χ4v) is 8.44.